The molecule has 2 atom stereocenters. The quantitative estimate of drug-likeness (QED) is 0.765. The molecule has 0 spiro atoms. The molecular weight excluding hydrogens is 262 g/mol. The Kier molecular flexibility index (Phi) is 6.69. The van der Waals surface area contributed by atoms with Gasteiger partial charge in [-0.2, -0.15) is 0 Å². The Morgan fingerprint density at radius 1 is 1.21 bits per heavy atom. The van der Waals surface area contributed by atoms with Crippen molar-refractivity contribution in [3.63, 3.8) is 0 Å². The van der Waals surface area contributed by atoms with Crippen LogP contribution in [0.25, 0.3) is 0 Å². The van der Waals surface area contributed by atoms with Crippen LogP contribution in [0.1, 0.15) is 54.9 Å². The van der Waals surface area contributed by atoms with E-state index in [4.69, 9.17) is 4.74 Å². The largest absolute Gasteiger partial charge is 0.469 e. The van der Waals surface area contributed by atoms with Crippen molar-refractivity contribution in [2.75, 3.05) is 7.11 Å². The molecule has 19 heavy (non-hydrogen) atoms. The van der Waals surface area contributed by atoms with Crippen molar-refractivity contribution in [1.82, 2.24) is 4.72 Å². The Morgan fingerprint density at radius 2 is 1.68 bits per heavy atom. The zero-order valence-corrected chi connectivity index (χ0v) is 14.3. The van der Waals surface area contributed by atoms with Crippen LogP contribution >= 0.6 is 0 Å². The lowest BCUT2D eigenvalue weighted by Gasteiger charge is -2.35. The molecule has 114 valence electrons. The topological polar surface area (TPSA) is 55.4 Å². The molecule has 0 aliphatic carbocycles. The van der Waals surface area contributed by atoms with Crippen LogP contribution in [-0.2, 0) is 20.5 Å². The van der Waals surface area contributed by atoms with E-state index in [0.29, 0.717) is 5.92 Å². The molecule has 0 fully saturated rings. The molecule has 0 saturated heterocycles. The summed E-state index contributed by atoms with van der Waals surface area (Å²) in [6.45, 7) is 13.6. The van der Waals surface area contributed by atoms with Gasteiger partial charge in [0, 0.05) is 6.04 Å². The number of nitrogens with one attached hydrogen (secondary N) is 1. The fourth-order valence-corrected chi connectivity index (χ4v) is 2.68. The van der Waals surface area contributed by atoms with E-state index >= 15 is 0 Å². The summed E-state index contributed by atoms with van der Waals surface area (Å²) in [7, 11) is 0.180. The molecule has 0 bridgehead atoms. The number of hydrogen-bond donors (Lipinski definition) is 1. The second-order valence-corrected chi connectivity index (χ2v) is 8.89. The molecular formula is C14H29NO3S. The van der Waals surface area contributed by atoms with E-state index in [9.17, 15) is 9.00 Å². The van der Waals surface area contributed by atoms with Crippen LogP contribution in [0.4, 0.5) is 0 Å². The van der Waals surface area contributed by atoms with Crippen LogP contribution < -0.4 is 4.72 Å². The smallest absolute Gasteiger partial charge is 0.312 e. The number of hydrogen-bond acceptors (Lipinski definition) is 3. The maximum Gasteiger partial charge on any atom is 0.312 e. The van der Waals surface area contributed by atoms with Crippen molar-refractivity contribution in [1.29, 1.82) is 0 Å². The average Bonchev–Trinajstić information content (AvgIpc) is 2.24. The van der Waals surface area contributed by atoms with Gasteiger partial charge in [0.05, 0.1) is 28.3 Å². The summed E-state index contributed by atoms with van der Waals surface area (Å²) in [5.41, 5.74) is -0.708. The van der Waals surface area contributed by atoms with Crippen LogP contribution in [0.3, 0.4) is 0 Å². The zero-order chi connectivity index (χ0) is 15.4. The molecule has 0 aromatic rings. The molecule has 0 radical (unpaired) electrons. The average molecular weight is 291 g/mol. The molecule has 1 N–H and O–H groups in total. The van der Waals surface area contributed by atoms with Gasteiger partial charge in [0.2, 0.25) is 0 Å². The minimum atomic E-state index is -1.21. The lowest BCUT2D eigenvalue weighted by molar-refractivity contribution is -0.152. The van der Waals surface area contributed by atoms with Crippen molar-refractivity contribution in [3.05, 3.63) is 0 Å². The van der Waals surface area contributed by atoms with Gasteiger partial charge in [-0.1, -0.05) is 13.8 Å². The lowest BCUT2D eigenvalue weighted by atomic mass is 9.81. The van der Waals surface area contributed by atoms with Crippen molar-refractivity contribution in [2.24, 2.45) is 11.3 Å². The van der Waals surface area contributed by atoms with Gasteiger partial charge in [-0.25, -0.2) is 8.93 Å². The van der Waals surface area contributed by atoms with E-state index in [0.717, 1.165) is 6.42 Å². The van der Waals surface area contributed by atoms with Crippen molar-refractivity contribution >= 4 is 17.0 Å². The molecule has 0 aliphatic heterocycles. The van der Waals surface area contributed by atoms with Gasteiger partial charge in [-0.05, 0) is 47.0 Å². The van der Waals surface area contributed by atoms with Gasteiger partial charge >= 0.3 is 5.97 Å². The highest BCUT2D eigenvalue weighted by Gasteiger charge is 2.40. The third kappa shape index (κ3) is 5.61. The molecule has 0 aromatic carbocycles. The monoisotopic (exact) mass is 291 g/mol. The highest BCUT2D eigenvalue weighted by atomic mass is 32.2. The number of carbonyl (C=O) groups excluding carboxylic acids is 1. The number of carbonyl (C=O) groups is 1. The second-order valence-electron chi connectivity index (χ2n) is 6.89. The summed E-state index contributed by atoms with van der Waals surface area (Å²) >= 11 is 0. The SMILES string of the molecule is COC(=O)C(C)(C)[C@@H](CC(C)C)N[S@](=O)C(C)(C)C. The van der Waals surface area contributed by atoms with E-state index in [2.05, 4.69) is 18.6 Å². The maximum atomic E-state index is 12.3. The molecule has 0 amide bonds. The highest BCUT2D eigenvalue weighted by molar-refractivity contribution is 7.84. The van der Waals surface area contributed by atoms with Crippen LogP contribution in [-0.4, -0.2) is 28.1 Å². The van der Waals surface area contributed by atoms with E-state index in [1.807, 2.05) is 34.6 Å². The molecule has 0 heterocycles. The Hall–Kier alpha value is -0.420. The minimum absolute atomic E-state index is 0.181. The van der Waals surface area contributed by atoms with E-state index < -0.39 is 16.4 Å². The predicted molar refractivity (Wildman–Crippen MR) is 80.1 cm³/mol. The summed E-state index contributed by atoms with van der Waals surface area (Å²) in [5, 5.41) is 0. The van der Waals surface area contributed by atoms with Crippen LogP contribution in [0.5, 0.6) is 0 Å². The van der Waals surface area contributed by atoms with Crippen molar-refractivity contribution in [3.8, 4) is 0 Å². The maximum absolute atomic E-state index is 12.3. The van der Waals surface area contributed by atoms with E-state index in [-0.39, 0.29) is 16.8 Å². The first kappa shape index (κ1) is 18.6. The lowest BCUT2D eigenvalue weighted by Crippen LogP contribution is -2.51. The Balaban J connectivity index is 5.12. The molecule has 0 aromatic heterocycles. The molecule has 5 heteroatoms. The standard InChI is InChI=1S/C14H29NO3S/c1-10(2)9-11(14(6,7)12(16)18-8)15-19(17)13(3,4)5/h10-11,15H,9H2,1-8H3/t11-,19-/m1/s1. The first-order valence-electron chi connectivity index (χ1n) is 6.69. The first-order chi connectivity index (χ1) is 8.42. The summed E-state index contributed by atoms with van der Waals surface area (Å²) in [6, 6.07) is -0.181. The molecule has 4 nitrogen and oxygen atoms in total. The molecule has 0 unspecified atom stereocenters. The third-order valence-corrected chi connectivity index (χ3v) is 4.71. The van der Waals surface area contributed by atoms with Gasteiger partial charge in [-0.3, -0.25) is 4.79 Å². The minimum Gasteiger partial charge on any atom is -0.469 e. The van der Waals surface area contributed by atoms with Gasteiger partial charge < -0.3 is 4.74 Å². The van der Waals surface area contributed by atoms with Gasteiger partial charge in [0.25, 0.3) is 0 Å². The predicted octanol–water partition coefficient (Wildman–Crippen LogP) is 2.65. The van der Waals surface area contributed by atoms with Crippen LogP contribution in [0.15, 0.2) is 0 Å². The number of rotatable bonds is 6. The first-order valence-corrected chi connectivity index (χ1v) is 7.84. The number of methoxy groups -OCH3 is 1. The number of ether oxygens (including phenoxy) is 1. The van der Waals surface area contributed by atoms with Gasteiger partial charge in [0.15, 0.2) is 0 Å². The van der Waals surface area contributed by atoms with Gasteiger partial charge in [-0.15, -0.1) is 0 Å². The summed E-state index contributed by atoms with van der Waals surface area (Å²) in [6.07, 6.45) is 0.768. The third-order valence-electron chi connectivity index (χ3n) is 3.10. The van der Waals surface area contributed by atoms with Crippen molar-refractivity contribution in [2.45, 2.75) is 65.7 Å². The molecule has 0 saturated carbocycles. The normalized spacial score (nSPS) is 16.3. The zero-order valence-electron chi connectivity index (χ0n) is 13.5. The van der Waals surface area contributed by atoms with E-state index in [1.54, 1.807) is 0 Å². The highest BCUT2D eigenvalue weighted by Crippen LogP contribution is 2.28. The summed E-state index contributed by atoms with van der Waals surface area (Å²) < 4.78 is 19.9. The Bertz CT molecular complexity index is 332. The Labute approximate surface area is 120 Å². The fraction of sp³-hybridized carbons (Fsp3) is 0.929. The van der Waals surface area contributed by atoms with Crippen LogP contribution in [0, 0.1) is 11.3 Å². The number of esters is 1. The van der Waals surface area contributed by atoms with Crippen LogP contribution in [0.2, 0.25) is 0 Å². The van der Waals surface area contributed by atoms with Gasteiger partial charge in [0.1, 0.15) is 0 Å². The molecule has 0 aliphatic rings. The fourth-order valence-electron chi connectivity index (χ4n) is 1.67. The van der Waals surface area contributed by atoms with E-state index in [1.165, 1.54) is 7.11 Å². The molecule has 0 rings (SSSR count). The second kappa shape index (κ2) is 6.84. The summed E-state index contributed by atoms with van der Waals surface area (Å²) in [5.74, 6) is 0.120. The Morgan fingerprint density at radius 3 is 2.00 bits per heavy atom. The summed E-state index contributed by atoms with van der Waals surface area (Å²) in [4.78, 5) is 11.9. The van der Waals surface area contributed by atoms with Crippen molar-refractivity contribution < 1.29 is 13.7 Å².